The number of carbonyl (C=O) groups excluding carboxylic acids is 3. The normalized spacial score (nSPS) is 14.7. The summed E-state index contributed by atoms with van der Waals surface area (Å²) in [6.45, 7) is 1.80. The van der Waals surface area contributed by atoms with Crippen LogP contribution in [0.5, 0.6) is 0 Å². The molecule has 152 valence electrons. The van der Waals surface area contributed by atoms with Crippen molar-refractivity contribution in [2.75, 3.05) is 26.2 Å². The molecule has 1 aliphatic heterocycles. The molecule has 0 atom stereocenters. The van der Waals surface area contributed by atoms with Gasteiger partial charge in [0, 0.05) is 38.2 Å². The fourth-order valence-corrected chi connectivity index (χ4v) is 3.20. The SMILES string of the molecule is O=C(NCCNC(=O)C1CCN(C(=O)/C=C/c2ccccc2)CC1)c1ccco1. The second-order valence-electron chi connectivity index (χ2n) is 6.87. The molecule has 2 aromatic rings. The van der Waals surface area contributed by atoms with Gasteiger partial charge in [-0.3, -0.25) is 14.4 Å². The van der Waals surface area contributed by atoms with Gasteiger partial charge in [0.2, 0.25) is 11.8 Å². The zero-order chi connectivity index (χ0) is 20.5. The van der Waals surface area contributed by atoms with Crippen LogP contribution in [0.15, 0.2) is 59.2 Å². The summed E-state index contributed by atoms with van der Waals surface area (Å²) in [4.78, 5) is 38.1. The van der Waals surface area contributed by atoms with Gasteiger partial charge in [0.1, 0.15) is 0 Å². The minimum absolute atomic E-state index is 0.0339. The van der Waals surface area contributed by atoms with Crippen LogP contribution < -0.4 is 10.6 Å². The lowest BCUT2D eigenvalue weighted by atomic mass is 9.96. The molecule has 29 heavy (non-hydrogen) atoms. The Labute approximate surface area is 169 Å². The Morgan fingerprint density at radius 1 is 1.00 bits per heavy atom. The molecule has 2 N–H and O–H groups in total. The van der Waals surface area contributed by atoms with Crippen LogP contribution in [0, 0.1) is 5.92 Å². The van der Waals surface area contributed by atoms with Crippen molar-refractivity contribution in [3.8, 4) is 0 Å². The maximum atomic E-state index is 12.3. The minimum atomic E-state index is -0.306. The van der Waals surface area contributed by atoms with Gasteiger partial charge in [-0.2, -0.15) is 0 Å². The van der Waals surface area contributed by atoms with Crippen LogP contribution in [0.2, 0.25) is 0 Å². The van der Waals surface area contributed by atoms with E-state index in [-0.39, 0.29) is 29.4 Å². The van der Waals surface area contributed by atoms with Gasteiger partial charge in [-0.05, 0) is 36.6 Å². The minimum Gasteiger partial charge on any atom is -0.459 e. The number of nitrogens with one attached hydrogen (secondary N) is 2. The lowest BCUT2D eigenvalue weighted by molar-refractivity contribution is -0.132. The number of benzene rings is 1. The Balaban J connectivity index is 1.34. The second-order valence-corrected chi connectivity index (χ2v) is 6.87. The molecule has 0 aliphatic carbocycles. The molecule has 1 aromatic carbocycles. The molecule has 0 saturated carbocycles. The molecule has 0 unspecified atom stereocenters. The first-order valence-corrected chi connectivity index (χ1v) is 9.75. The van der Waals surface area contributed by atoms with Crippen LogP contribution in [0.1, 0.15) is 29.0 Å². The average Bonchev–Trinajstić information content (AvgIpc) is 3.31. The van der Waals surface area contributed by atoms with Gasteiger partial charge < -0.3 is 20.0 Å². The molecule has 0 bridgehead atoms. The topological polar surface area (TPSA) is 91.7 Å². The van der Waals surface area contributed by atoms with E-state index in [0.717, 1.165) is 5.56 Å². The van der Waals surface area contributed by atoms with E-state index in [2.05, 4.69) is 10.6 Å². The molecule has 3 rings (SSSR count). The lowest BCUT2D eigenvalue weighted by Crippen LogP contribution is -2.44. The largest absolute Gasteiger partial charge is 0.459 e. The highest BCUT2D eigenvalue weighted by molar-refractivity contribution is 5.92. The van der Waals surface area contributed by atoms with Crippen molar-refractivity contribution in [1.29, 1.82) is 0 Å². The van der Waals surface area contributed by atoms with Crippen molar-refractivity contribution in [3.63, 3.8) is 0 Å². The van der Waals surface area contributed by atoms with Crippen molar-refractivity contribution in [1.82, 2.24) is 15.5 Å². The summed E-state index contributed by atoms with van der Waals surface area (Å²) in [6.07, 6.45) is 6.09. The molecular formula is C22H25N3O4. The van der Waals surface area contributed by atoms with Crippen LogP contribution in [0.3, 0.4) is 0 Å². The van der Waals surface area contributed by atoms with Gasteiger partial charge in [-0.1, -0.05) is 30.3 Å². The van der Waals surface area contributed by atoms with Crippen LogP contribution in [-0.2, 0) is 9.59 Å². The number of amides is 3. The maximum absolute atomic E-state index is 12.3. The van der Waals surface area contributed by atoms with Crippen LogP contribution in [0.25, 0.3) is 6.08 Å². The summed E-state index contributed by atoms with van der Waals surface area (Å²) >= 11 is 0. The summed E-state index contributed by atoms with van der Waals surface area (Å²) in [7, 11) is 0. The number of hydrogen-bond acceptors (Lipinski definition) is 4. The van der Waals surface area contributed by atoms with Gasteiger partial charge in [0.15, 0.2) is 5.76 Å². The zero-order valence-corrected chi connectivity index (χ0v) is 16.2. The number of nitrogens with zero attached hydrogens (tertiary/aromatic N) is 1. The Hall–Kier alpha value is -3.35. The van der Waals surface area contributed by atoms with E-state index in [4.69, 9.17) is 4.42 Å². The first-order valence-electron chi connectivity index (χ1n) is 9.75. The molecule has 2 heterocycles. The fraction of sp³-hybridized carbons (Fsp3) is 0.318. The number of likely N-dealkylation sites (tertiary alicyclic amines) is 1. The molecule has 0 radical (unpaired) electrons. The predicted molar refractivity (Wildman–Crippen MR) is 109 cm³/mol. The fourth-order valence-electron chi connectivity index (χ4n) is 3.20. The zero-order valence-electron chi connectivity index (χ0n) is 16.2. The Kier molecular flexibility index (Phi) is 7.22. The van der Waals surface area contributed by atoms with Crippen molar-refractivity contribution < 1.29 is 18.8 Å². The van der Waals surface area contributed by atoms with Crippen molar-refractivity contribution in [2.45, 2.75) is 12.8 Å². The summed E-state index contributed by atoms with van der Waals surface area (Å²) in [5.41, 5.74) is 0.981. The highest BCUT2D eigenvalue weighted by Crippen LogP contribution is 2.18. The van der Waals surface area contributed by atoms with Gasteiger partial charge in [-0.15, -0.1) is 0 Å². The number of rotatable bonds is 7. The number of carbonyl (C=O) groups is 3. The van der Waals surface area contributed by atoms with Crippen LogP contribution in [0.4, 0.5) is 0 Å². The van der Waals surface area contributed by atoms with E-state index < -0.39 is 0 Å². The van der Waals surface area contributed by atoms with Gasteiger partial charge in [-0.25, -0.2) is 0 Å². The molecule has 1 saturated heterocycles. The van der Waals surface area contributed by atoms with E-state index >= 15 is 0 Å². The highest BCUT2D eigenvalue weighted by atomic mass is 16.3. The molecule has 3 amide bonds. The van der Waals surface area contributed by atoms with Crippen molar-refractivity contribution >= 4 is 23.8 Å². The Morgan fingerprint density at radius 2 is 1.72 bits per heavy atom. The molecular weight excluding hydrogens is 370 g/mol. The van der Waals surface area contributed by atoms with Crippen LogP contribution in [-0.4, -0.2) is 48.8 Å². The molecule has 1 fully saturated rings. The third-order valence-corrected chi connectivity index (χ3v) is 4.85. The molecule has 0 spiro atoms. The predicted octanol–water partition coefficient (Wildman–Crippen LogP) is 2.08. The number of furan rings is 1. The van der Waals surface area contributed by atoms with Crippen molar-refractivity contribution in [2.24, 2.45) is 5.92 Å². The third-order valence-electron chi connectivity index (χ3n) is 4.85. The summed E-state index contributed by atoms with van der Waals surface area (Å²) in [5, 5.41) is 5.53. The van der Waals surface area contributed by atoms with Gasteiger partial charge in [0.05, 0.1) is 6.26 Å². The number of piperidine rings is 1. The average molecular weight is 395 g/mol. The second kappa shape index (κ2) is 10.3. The third kappa shape index (κ3) is 6.07. The summed E-state index contributed by atoms with van der Waals surface area (Å²) < 4.78 is 5.00. The molecule has 1 aromatic heterocycles. The summed E-state index contributed by atoms with van der Waals surface area (Å²) in [6, 6.07) is 12.9. The molecule has 1 aliphatic rings. The van der Waals surface area contributed by atoms with Gasteiger partial charge in [0.25, 0.3) is 5.91 Å². The molecule has 7 heteroatoms. The molecule has 7 nitrogen and oxygen atoms in total. The summed E-state index contributed by atoms with van der Waals surface area (Å²) in [5.74, 6) is -0.246. The standard InChI is InChI=1S/C22H25N3O4/c26-20(9-8-17-5-2-1-3-6-17)25-14-10-18(11-15-25)21(27)23-12-13-24-22(28)19-7-4-16-29-19/h1-9,16,18H,10-15H2,(H,23,27)(H,24,28)/b9-8+. The van der Waals surface area contributed by atoms with E-state index in [0.29, 0.717) is 39.0 Å². The van der Waals surface area contributed by atoms with E-state index in [9.17, 15) is 14.4 Å². The smallest absolute Gasteiger partial charge is 0.287 e. The first kappa shape index (κ1) is 20.4. The first-order chi connectivity index (χ1) is 14.1. The highest BCUT2D eigenvalue weighted by Gasteiger charge is 2.26. The van der Waals surface area contributed by atoms with E-state index in [1.165, 1.54) is 6.26 Å². The Morgan fingerprint density at radius 3 is 2.41 bits per heavy atom. The number of hydrogen-bond donors (Lipinski definition) is 2. The van der Waals surface area contributed by atoms with Crippen molar-refractivity contribution in [3.05, 3.63) is 66.1 Å². The lowest BCUT2D eigenvalue weighted by Gasteiger charge is -2.30. The van der Waals surface area contributed by atoms with Gasteiger partial charge >= 0.3 is 0 Å². The Bertz CT molecular complexity index is 838. The van der Waals surface area contributed by atoms with Crippen LogP contribution >= 0.6 is 0 Å². The van der Waals surface area contributed by atoms with E-state index in [1.807, 2.05) is 30.3 Å². The van der Waals surface area contributed by atoms with E-state index in [1.54, 1.807) is 29.2 Å². The maximum Gasteiger partial charge on any atom is 0.287 e. The quantitative estimate of drug-likeness (QED) is 0.555. The monoisotopic (exact) mass is 395 g/mol.